The van der Waals surface area contributed by atoms with Crippen molar-refractivity contribution in [2.24, 2.45) is 12.2 Å². The normalized spacial score (nSPS) is 11.4. The Kier molecular flexibility index (Phi) is 4.70. The van der Waals surface area contributed by atoms with E-state index in [-0.39, 0.29) is 5.82 Å². The molecule has 1 aromatic carbocycles. The molecule has 1 heterocycles. The summed E-state index contributed by atoms with van der Waals surface area (Å²) in [6.45, 7) is 2.50. The summed E-state index contributed by atoms with van der Waals surface area (Å²) in [6.07, 6.45) is 3.58. The lowest BCUT2D eigenvalue weighted by Crippen LogP contribution is -2.05. The van der Waals surface area contributed by atoms with Crippen LogP contribution in [0, 0.1) is 5.82 Å². The van der Waals surface area contributed by atoms with Crippen molar-refractivity contribution in [2.75, 3.05) is 13.2 Å². The van der Waals surface area contributed by atoms with Gasteiger partial charge < -0.3 is 9.57 Å². The van der Waals surface area contributed by atoms with Crippen LogP contribution in [0.3, 0.4) is 0 Å². The Morgan fingerprint density at radius 1 is 1.30 bits per heavy atom. The van der Waals surface area contributed by atoms with E-state index in [0.717, 1.165) is 11.3 Å². The molecule has 2 rings (SSSR count). The zero-order chi connectivity index (χ0) is 14.4. The fourth-order valence-electron chi connectivity index (χ4n) is 1.53. The number of hydrogen-bond acceptors (Lipinski definition) is 4. The number of benzene rings is 1. The standard InChI is InChI=1S/C14H16FN3O2/c1-11(12-9-16-18(2)10-12)17-20-8-7-19-14-5-3-13(15)4-6-14/h3-6,9-10H,7-8H2,1-2H3. The number of rotatable bonds is 6. The first-order chi connectivity index (χ1) is 9.65. The SMILES string of the molecule is CC(=NOCCOc1ccc(F)cc1)c1cnn(C)c1. The quantitative estimate of drug-likeness (QED) is 0.463. The summed E-state index contributed by atoms with van der Waals surface area (Å²) in [6, 6.07) is 5.83. The van der Waals surface area contributed by atoms with E-state index >= 15 is 0 Å². The Labute approximate surface area is 116 Å². The van der Waals surface area contributed by atoms with Crippen molar-refractivity contribution in [1.29, 1.82) is 0 Å². The highest BCUT2D eigenvalue weighted by Crippen LogP contribution is 2.10. The zero-order valence-electron chi connectivity index (χ0n) is 11.4. The summed E-state index contributed by atoms with van der Waals surface area (Å²) in [7, 11) is 1.84. The number of halogens is 1. The maximum absolute atomic E-state index is 12.7. The third-order valence-corrected chi connectivity index (χ3v) is 2.58. The third kappa shape index (κ3) is 4.08. The van der Waals surface area contributed by atoms with Crippen molar-refractivity contribution in [3.05, 3.63) is 48.0 Å². The van der Waals surface area contributed by atoms with Gasteiger partial charge in [-0.05, 0) is 31.2 Å². The summed E-state index contributed by atoms with van der Waals surface area (Å²) in [5, 5.41) is 8.03. The summed E-state index contributed by atoms with van der Waals surface area (Å²) in [5.41, 5.74) is 1.66. The van der Waals surface area contributed by atoms with E-state index in [1.165, 1.54) is 12.1 Å². The minimum absolute atomic E-state index is 0.287. The number of ether oxygens (including phenoxy) is 1. The molecule has 0 amide bonds. The molecule has 0 aliphatic carbocycles. The molecule has 0 N–H and O–H groups in total. The second-order valence-electron chi connectivity index (χ2n) is 4.21. The average Bonchev–Trinajstić information content (AvgIpc) is 2.87. The lowest BCUT2D eigenvalue weighted by molar-refractivity contribution is 0.107. The molecule has 0 aliphatic rings. The van der Waals surface area contributed by atoms with Gasteiger partial charge in [0.2, 0.25) is 0 Å². The van der Waals surface area contributed by atoms with Gasteiger partial charge in [0.05, 0.1) is 11.9 Å². The number of hydrogen-bond donors (Lipinski definition) is 0. The fourth-order valence-corrected chi connectivity index (χ4v) is 1.53. The van der Waals surface area contributed by atoms with Crippen molar-refractivity contribution < 1.29 is 14.0 Å². The molecule has 0 unspecified atom stereocenters. The lowest BCUT2D eigenvalue weighted by Gasteiger charge is -2.05. The maximum atomic E-state index is 12.7. The van der Waals surface area contributed by atoms with Gasteiger partial charge in [-0.2, -0.15) is 5.10 Å². The van der Waals surface area contributed by atoms with Gasteiger partial charge in [0, 0.05) is 18.8 Å². The van der Waals surface area contributed by atoms with Crippen LogP contribution in [0.25, 0.3) is 0 Å². The molecule has 0 radical (unpaired) electrons. The fraction of sp³-hybridized carbons (Fsp3) is 0.286. The summed E-state index contributed by atoms with van der Waals surface area (Å²) < 4.78 is 19.8. The molecule has 0 fully saturated rings. The molecule has 0 bridgehead atoms. The number of aryl methyl sites for hydroxylation is 1. The predicted octanol–water partition coefficient (Wildman–Crippen LogP) is 2.38. The second kappa shape index (κ2) is 6.70. The Balaban J connectivity index is 1.72. The Morgan fingerprint density at radius 2 is 2.05 bits per heavy atom. The minimum Gasteiger partial charge on any atom is -0.490 e. The first-order valence-electron chi connectivity index (χ1n) is 6.19. The molecule has 106 valence electrons. The van der Waals surface area contributed by atoms with Gasteiger partial charge >= 0.3 is 0 Å². The molecule has 1 aromatic heterocycles. The van der Waals surface area contributed by atoms with Gasteiger partial charge in [0.25, 0.3) is 0 Å². The smallest absolute Gasteiger partial charge is 0.151 e. The highest BCUT2D eigenvalue weighted by Gasteiger charge is 2.00. The zero-order valence-corrected chi connectivity index (χ0v) is 11.4. The number of oxime groups is 1. The van der Waals surface area contributed by atoms with Crippen molar-refractivity contribution in [3.8, 4) is 5.75 Å². The molecule has 0 aliphatic heterocycles. The van der Waals surface area contributed by atoms with Crippen LogP contribution in [-0.4, -0.2) is 28.7 Å². The van der Waals surface area contributed by atoms with Crippen LogP contribution in [0.4, 0.5) is 4.39 Å². The van der Waals surface area contributed by atoms with Gasteiger partial charge in [-0.25, -0.2) is 4.39 Å². The first kappa shape index (κ1) is 14.0. The summed E-state index contributed by atoms with van der Waals surface area (Å²) >= 11 is 0. The molecule has 6 heteroatoms. The molecular weight excluding hydrogens is 261 g/mol. The van der Waals surface area contributed by atoms with Gasteiger partial charge in [0.1, 0.15) is 18.2 Å². The van der Waals surface area contributed by atoms with E-state index in [2.05, 4.69) is 10.3 Å². The molecular formula is C14H16FN3O2. The van der Waals surface area contributed by atoms with Gasteiger partial charge in [-0.1, -0.05) is 5.16 Å². The van der Waals surface area contributed by atoms with E-state index in [4.69, 9.17) is 9.57 Å². The molecule has 5 nitrogen and oxygen atoms in total. The highest BCUT2D eigenvalue weighted by atomic mass is 19.1. The average molecular weight is 277 g/mol. The molecule has 0 saturated carbocycles. The van der Waals surface area contributed by atoms with Gasteiger partial charge in [-0.3, -0.25) is 4.68 Å². The van der Waals surface area contributed by atoms with Crippen LogP contribution < -0.4 is 4.74 Å². The molecule has 0 atom stereocenters. The van der Waals surface area contributed by atoms with Crippen LogP contribution >= 0.6 is 0 Å². The van der Waals surface area contributed by atoms with Crippen LogP contribution in [0.15, 0.2) is 41.8 Å². The Morgan fingerprint density at radius 3 is 2.70 bits per heavy atom. The van der Waals surface area contributed by atoms with E-state index in [9.17, 15) is 4.39 Å². The molecule has 2 aromatic rings. The lowest BCUT2D eigenvalue weighted by atomic mass is 10.2. The van der Waals surface area contributed by atoms with Crippen molar-refractivity contribution in [3.63, 3.8) is 0 Å². The minimum atomic E-state index is -0.287. The largest absolute Gasteiger partial charge is 0.490 e. The summed E-state index contributed by atoms with van der Waals surface area (Å²) in [5.74, 6) is 0.313. The monoisotopic (exact) mass is 277 g/mol. The highest BCUT2D eigenvalue weighted by molar-refractivity contribution is 5.97. The van der Waals surface area contributed by atoms with E-state index in [0.29, 0.717) is 19.0 Å². The Hall–Kier alpha value is -2.37. The Bertz CT molecular complexity index is 578. The van der Waals surface area contributed by atoms with Crippen LogP contribution in [-0.2, 0) is 11.9 Å². The van der Waals surface area contributed by atoms with Crippen molar-refractivity contribution in [2.45, 2.75) is 6.92 Å². The van der Waals surface area contributed by atoms with E-state index in [1.807, 2.05) is 20.2 Å². The topological polar surface area (TPSA) is 48.6 Å². The van der Waals surface area contributed by atoms with Crippen LogP contribution in [0.2, 0.25) is 0 Å². The number of nitrogens with zero attached hydrogens (tertiary/aromatic N) is 3. The number of aromatic nitrogens is 2. The maximum Gasteiger partial charge on any atom is 0.151 e. The van der Waals surface area contributed by atoms with Gasteiger partial charge in [0.15, 0.2) is 6.61 Å². The van der Waals surface area contributed by atoms with Crippen molar-refractivity contribution >= 4 is 5.71 Å². The first-order valence-corrected chi connectivity index (χ1v) is 6.19. The molecule has 20 heavy (non-hydrogen) atoms. The second-order valence-corrected chi connectivity index (χ2v) is 4.21. The molecule has 0 saturated heterocycles. The van der Waals surface area contributed by atoms with Crippen LogP contribution in [0.1, 0.15) is 12.5 Å². The van der Waals surface area contributed by atoms with Gasteiger partial charge in [-0.15, -0.1) is 0 Å². The van der Waals surface area contributed by atoms with E-state index in [1.54, 1.807) is 23.0 Å². The van der Waals surface area contributed by atoms with Crippen molar-refractivity contribution in [1.82, 2.24) is 9.78 Å². The predicted molar refractivity (Wildman–Crippen MR) is 73.3 cm³/mol. The third-order valence-electron chi connectivity index (χ3n) is 2.58. The van der Waals surface area contributed by atoms with E-state index < -0.39 is 0 Å². The van der Waals surface area contributed by atoms with Crippen LogP contribution in [0.5, 0.6) is 5.75 Å². The summed E-state index contributed by atoms with van der Waals surface area (Å²) in [4.78, 5) is 5.16. The molecule has 0 spiro atoms.